The summed E-state index contributed by atoms with van der Waals surface area (Å²) in [5.74, 6) is -0.403. The van der Waals surface area contributed by atoms with Crippen molar-refractivity contribution in [3.8, 4) is 0 Å². The summed E-state index contributed by atoms with van der Waals surface area (Å²) in [5.41, 5.74) is 0. The van der Waals surface area contributed by atoms with Gasteiger partial charge in [-0.1, -0.05) is 0 Å². The van der Waals surface area contributed by atoms with Crippen LogP contribution in [-0.4, -0.2) is 38.3 Å². The van der Waals surface area contributed by atoms with Gasteiger partial charge < -0.3 is 19.5 Å². The molecule has 5 nitrogen and oxygen atoms in total. The molecule has 12 heavy (non-hydrogen) atoms. The molecule has 0 saturated heterocycles. The smallest absolute Gasteiger partial charge is 0.346 e. The van der Waals surface area contributed by atoms with E-state index in [0.717, 1.165) is 0 Å². The fourth-order valence-electron chi connectivity index (χ4n) is 0.776. The number of hydrogen-bond donors (Lipinski definition) is 2. The van der Waals surface area contributed by atoms with E-state index in [9.17, 15) is 4.57 Å². The van der Waals surface area contributed by atoms with Gasteiger partial charge in [-0.3, -0.25) is 4.57 Å². The SMILES string of the molecule is COP(=O)(OC)C(C)NCCO. The summed E-state index contributed by atoms with van der Waals surface area (Å²) in [4.78, 5) is 0. The summed E-state index contributed by atoms with van der Waals surface area (Å²) >= 11 is 0. The molecule has 0 spiro atoms. The minimum Gasteiger partial charge on any atom is -0.395 e. The molecule has 0 bridgehead atoms. The van der Waals surface area contributed by atoms with Gasteiger partial charge in [0.05, 0.1) is 6.61 Å². The Morgan fingerprint density at radius 2 is 2.00 bits per heavy atom. The molecule has 0 aliphatic carbocycles. The van der Waals surface area contributed by atoms with Crippen LogP contribution in [0.4, 0.5) is 0 Å². The minimum atomic E-state index is -3.02. The Bertz CT molecular complexity index is 156. The zero-order valence-corrected chi connectivity index (χ0v) is 8.51. The molecule has 6 heteroatoms. The normalized spacial score (nSPS) is 14.7. The highest BCUT2D eigenvalue weighted by Crippen LogP contribution is 2.49. The summed E-state index contributed by atoms with van der Waals surface area (Å²) in [6.07, 6.45) is 0. The third kappa shape index (κ3) is 3.21. The molecule has 1 unspecified atom stereocenters. The van der Waals surface area contributed by atoms with Crippen molar-refractivity contribution < 1.29 is 18.7 Å². The van der Waals surface area contributed by atoms with Crippen molar-refractivity contribution in [2.45, 2.75) is 12.7 Å². The Kier molecular flexibility index (Phi) is 5.70. The van der Waals surface area contributed by atoms with Gasteiger partial charge in [-0.25, -0.2) is 0 Å². The van der Waals surface area contributed by atoms with E-state index < -0.39 is 13.4 Å². The molecule has 2 N–H and O–H groups in total. The van der Waals surface area contributed by atoms with Crippen LogP contribution in [-0.2, 0) is 13.6 Å². The second-order valence-electron chi connectivity index (χ2n) is 2.26. The van der Waals surface area contributed by atoms with Gasteiger partial charge in [-0.2, -0.15) is 0 Å². The number of rotatable bonds is 6. The highest BCUT2D eigenvalue weighted by molar-refractivity contribution is 7.54. The first-order chi connectivity index (χ1) is 5.60. The lowest BCUT2D eigenvalue weighted by atomic mass is 10.6. The molecule has 0 fully saturated rings. The summed E-state index contributed by atoms with van der Waals surface area (Å²) in [7, 11) is -0.355. The van der Waals surface area contributed by atoms with E-state index in [2.05, 4.69) is 5.32 Å². The van der Waals surface area contributed by atoms with Gasteiger partial charge in [0.2, 0.25) is 0 Å². The Balaban J connectivity index is 4.03. The number of aliphatic hydroxyl groups excluding tert-OH is 1. The highest BCUT2D eigenvalue weighted by Gasteiger charge is 2.29. The summed E-state index contributed by atoms with van der Waals surface area (Å²) in [6.45, 7) is 2.05. The average Bonchev–Trinajstić information content (AvgIpc) is 2.12. The highest BCUT2D eigenvalue weighted by atomic mass is 31.2. The van der Waals surface area contributed by atoms with Gasteiger partial charge in [0.25, 0.3) is 0 Å². The van der Waals surface area contributed by atoms with Crippen LogP contribution < -0.4 is 5.32 Å². The lowest BCUT2D eigenvalue weighted by Crippen LogP contribution is -2.29. The first-order valence-electron chi connectivity index (χ1n) is 3.66. The third-order valence-corrected chi connectivity index (χ3v) is 3.68. The van der Waals surface area contributed by atoms with Crippen molar-refractivity contribution in [2.24, 2.45) is 0 Å². The van der Waals surface area contributed by atoms with Crippen LogP contribution in [0.3, 0.4) is 0 Å². The van der Waals surface area contributed by atoms with Crippen LogP contribution in [0.15, 0.2) is 0 Å². The number of nitrogens with one attached hydrogen (secondary N) is 1. The summed E-state index contributed by atoms with van der Waals surface area (Å²) in [6, 6.07) is 0. The van der Waals surface area contributed by atoms with E-state index in [4.69, 9.17) is 14.2 Å². The molecule has 0 aliphatic rings. The van der Waals surface area contributed by atoms with Crippen molar-refractivity contribution >= 4 is 7.60 Å². The van der Waals surface area contributed by atoms with Crippen LogP contribution in [0, 0.1) is 0 Å². The molecular formula is C6H16NO4P. The van der Waals surface area contributed by atoms with Crippen LogP contribution in [0.5, 0.6) is 0 Å². The maximum atomic E-state index is 11.6. The van der Waals surface area contributed by atoms with E-state index in [1.165, 1.54) is 14.2 Å². The molecule has 0 radical (unpaired) electrons. The standard InChI is InChI=1S/C6H16NO4P/c1-6(7-4-5-8)12(9,10-2)11-3/h6-8H,4-5H2,1-3H3. The maximum absolute atomic E-state index is 11.6. The van der Waals surface area contributed by atoms with E-state index in [0.29, 0.717) is 6.54 Å². The predicted molar refractivity (Wildman–Crippen MR) is 46.2 cm³/mol. The molecule has 0 aromatic rings. The molecule has 1 atom stereocenters. The lowest BCUT2D eigenvalue weighted by Gasteiger charge is -2.21. The van der Waals surface area contributed by atoms with Gasteiger partial charge in [-0.15, -0.1) is 0 Å². The van der Waals surface area contributed by atoms with E-state index in [1.54, 1.807) is 6.92 Å². The minimum absolute atomic E-state index is 0.00221. The molecule has 0 aromatic heterocycles. The molecule has 0 amide bonds. The van der Waals surface area contributed by atoms with Crippen molar-refractivity contribution in [3.05, 3.63) is 0 Å². The fraction of sp³-hybridized carbons (Fsp3) is 1.00. The van der Waals surface area contributed by atoms with E-state index in [1.807, 2.05) is 0 Å². The van der Waals surface area contributed by atoms with Crippen LogP contribution in [0.2, 0.25) is 0 Å². The topological polar surface area (TPSA) is 67.8 Å². The molecule has 0 rings (SSSR count). The van der Waals surface area contributed by atoms with Gasteiger partial charge in [0.1, 0.15) is 5.78 Å². The van der Waals surface area contributed by atoms with Crippen molar-refractivity contribution in [1.29, 1.82) is 0 Å². The van der Waals surface area contributed by atoms with Crippen molar-refractivity contribution in [1.82, 2.24) is 5.32 Å². The Labute approximate surface area is 72.6 Å². The second-order valence-corrected chi connectivity index (χ2v) is 4.84. The molecule has 0 aliphatic heterocycles. The first-order valence-corrected chi connectivity index (χ1v) is 5.27. The monoisotopic (exact) mass is 197 g/mol. The fourth-order valence-corrected chi connectivity index (χ4v) is 1.91. The molecule has 0 heterocycles. The third-order valence-electron chi connectivity index (χ3n) is 1.53. The molecule has 74 valence electrons. The zero-order chi connectivity index (χ0) is 9.61. The van der Waals surface area contributed by atoms with Crippen molar-refractivity contribution in [2.75, 3.05) is 27.4 Å². The van der Waals surface area contributed by atoms with Crippen LogP contribution in [0.25, 0.3) is 0 Å². The predicted octanol–water partition coefficient (Wildman–Crippen LogP) is 0.400. The summed E-state index contributed by atoms with van der Waals surface area (Å²) in [5, 5.41) is 11.3. The average molecular weight is 197 g/mol. The van der Waals surface area contributed by atoms with Gasteiger partial charge in [0, 0.05) is 20.8 Å². The van der Waals surface area contributed by atoms with E-state index in [-0.39, 0.29) is 6.61 Å². The Morgan fingerprint density at radius 1 is 1.50 bits per heavy atom. The van der Waals surface area contributed by atoms with Gasteiger partial charge >= 0.3 is 7.60 Å². The van der Waals surface area contributed by atoms with Gasteiger partial charge in [-0.05, 0) is 6.92 Å². The van der Waals surface area contributed by atoms with Crippen molar-refractivity contribution in [3.63, 3.8) is 0 Å². The van der Waals surface area contributed by atoms with Crippen LogP contribution >= 0.6 is 7.60 Å². The first kappa shape index (κ1) is 12.1. The van der Waals surface area contributed by atoms with Gasteiger partial charge in [0.15, 0.2) is 0 Å². The lowest BCUT2D eigenvalue weighted by molar-refractivity contribution is 0.253. The number of hydrogen-bond acceptors (Lipinski definition) is 5. The maximum Gasteiger partial charge on any atom is 0.346 e. The quantitative estimate of drug-likeness (QED) is 0.603. The molecule has 0 aromatic carbocycles. The largest absolute Gasteiger partial charge is 0.395 e. The van der Waals surface area contributed by atoms with E-state index >= 15 is 0 Å². The Morgan fingerprint density at radius 3 is 2.33 bits per heavy atom. The number of aliphatic hydroxyl groups is 1. The second kappa shape index (κ2) is 5.67. The van der Waals surface area contributed by atoms with Crippen LogP contribution in [0.1, 0.15) is 6.92 Å². The molecular weight excluding hydrogens is 181 g/mol. The molecule has 0 saturated carbocycles. The zero-order valence-electron chi connectivity index (χ0n) is 7.61. The summed E-state index contributed by atoms with van der Waals surface area (Å²) < 4.78 is 21.0. The Hall–Kier alpha value is 0.0700.